The Labute approximate surface area is 218 Å². The van der Waals surface area contributed by atoms with Gasteiger partial charge in [0, 0.05) is 6.08 Å². The van der Waals surface area contributed by atoms with Crippen LogP contribution in [0.3, 0.4) is 0 Å². The zero-order chi connectivity index (χ0) is 25.7. The van der Waals surface area contributed by atoms with E-state index in [0.717, 1.165) is 6.42 Å². The Hall–Kier alpha value is -1.83. The quantitative estimate of drug-likeness (QED) is 0.0876. The minimum absolute atomic E-state index is 0.298. The van der Waals surface area contributed by atoms with Crippen molar-refractivity contribution in [1.82, 2.24) is 0 Å². The van der Waals surface area contributed by atoms with Crippen LogP contribution in [0.5, 0.6) is 0 Å². The summed E-state index contributed by atoms with van der Waals surface area (Å²) < 4.78 is 4.97. The molecule has 0 bridgehead atoms. The maximum absolute atomic E-state index is 10.9. The summed E-state index contributed by atoms with van der Waals surface area (Å²) in [7, 11) is 0. The summed E-state index contributed by atoms with van der Waals surface area (Å²) in [6.45, 7) is 9.86. The van der Waals surface area contributed by atoms with Gasteiger partial charge in [-0.15, -0.1) is 0 Å². The molecule has 0 atom stereocenters. The fourth-order valence-electron chi connectivity index (χ4n) is 4.18. The Kier molecular flexibility index (Phi) is 26.9. The van der Waals surface area contributed by atoms with Crippen molar-refractivity contribution in [3.05, 3.63) is 55.1 Å². The van der Waals surface area contributed by atoms with Gasteiger partial charge in [-0.25, -0.2) is 4.79 Å². The second kappa shape index (κ2) is 28.4. The topological polar surface area (TPSA) is 26.3 Å². The van der Waals surface area contributed by atoms with Crippen LogP contribution in [0.15, 0.2) is 49.6 Å². The summed E-state index contributed by atoms with van der Waals surface area (Å²) in [4.78, 5) is 10.9. The predicted molar refractivity (Wildman–Crippen MR) is 156 cm³/mol. The molecule has 0 heterocycles. The molecule has 0 aromatic heterocycles. The van der Waals surface area contributed by atoms with Gasteiger partial charge >= 0.3 is 5.97 Å². The fraction of sp³-hybridized carbons (Fsp3) is 0.667. The molecule has 35 heavy (non-hydrogen) atoms. The van der Waals surface area contributed by atoms with Gasteiger partial charge in [-0.05, 0) is 12.0 Å². The SMILES string of the molecule is C=CC(=O)OCCCCCCCCCCCCCCCCCCCCCC.C=Cc1ccccc1. The van der Waals surface area contributed by atoms with E-state index in [-0.39, 0.29) is 5.97 Å². The highest BCUT2D eigenvalue weighted by atomic mass is 16.5. The zero-order valence-electron chi connectivity index (χ0n) is 23.1. The third-order valence-corrected chi connectivity index (χ3v) is 6.44. The van der Waals surface area contributed by atoms with Crippen molar-refractivity contribution >= 4 is 12.0 Å². The lowest BCUT2D eigenvalue weighted by Gasteiger charge is -2.04. The summed E-state index contributed by atoms with van der Waals surface area (Å²) in [6, 6.07) is 10.0. The molecule has 0 saturated carbocycles. The maximum Gasteiger partial charge on any atom is 0.330 e. The lowest BCUT2D eigenvalue weighted by atomic mass is 10.0. The molecule has 0 aliphatic heterocycles. The van der Waals surface area contributed by atoms with E-state index in [4.69, 9.17) is 4.74 Å². The first-order valence-corrected chi connectivity index (χ1v) is 14.7. The maximum atomic E-state index is 10.9. The van der Waals surface area contributed by atoms with Crippen LogP contribution < -0.4 is 0 Å². The molecule has 0 amide bonds. The second-order valence-electron chi connectivity index (χ2n) is 9.70. The van der Waals surface area contributed by atoms with Crippen LogP contribution in [0.2, 0.25) is 0 Å². The van der Waals surface area contributed by atoms with Gasteiger partial charge in [0.1, 0.15) is 0 Å². The number of ether oxygens (including phenoxy) is 1. The van der Waals surface area contributed by atoms with Crippen molar-refractivity contribution in [3.63, 3.8) is 0 Å². The molecule has 2 heteroatoms. The van der Waals surface area contributed by atoms with Gasteiger partial charge in [0.25, 0.3) is 0 Å². The minimum Gasteiger partial charge on any atom is -0.463 e. The van der Waals surface area contributed by atoms with Crippen LogP contribution in [0, 0.1) is 0 Å². The number of hydrogen-bond donors (Lipinski definition) is 0. The Morgan fingerprint density at radius 1 is 0.629 bits per heavy atom. The van der Waals surface area contributed by atoms with Crippen molar-refractivity contribution in [3.8, 4) is 0 Å². The minimum atomic E-state index is -0.298. The Bertz CT molecular complexity index is 578. The highest BCUT2D eigenvalue weighted by Crippen LogP contribution is 2.14. The largest absolute Gasteiger partial charge is 0.463 e. The van der Waals surface area contributed by atoms with E-state index in [9.17, 15) is 4.79 Å². The van der Waals surface area contributed by atoms with E-state index in [0.29, 0.717) is 6.61 Å². The Morgan fingerprint density at radius 2 is 1.00 bits per heavy atom. The predicted octanol–water partition coefficient (Wildman–Crippen LogP) is 10.9. The fourth-order valence-corrected chi connectivity index (χ4v) is 4.18. The van der Waals surface area contributed by atoms with Crippen molar-refractivity contribution in [2.24, 2.45) is 0 Å². The third-order valence-electron chi connectivity index (χ3n) is 6.44. The second-order valence-corrected chi connectivity index (χ2v) is 9.70. The molecule has 0 aliphatic carbocycles. The lowest BCUT2D eigenvalue weighted by molar-refractivity contribution is -0.137. The third kappa shape index (κ3) is 26.6. The molecule has 1 aromatic carbocycles. The van der Waals surface area contributed by atoms with Crippen LogP contribution in [-0.2, 0) is 9.53 Å². The van der Waals surface area contributed by atoms with Gasteiger partial charge in [-0.3, -0.25) is 0 Å². The molecule has 0 fully saturated rings. The Balaban J connectivity index is 0.00000121. The first kappa shape index (κ1) is 33.2. The summed E-state index contributed by atoms with van der Waals surface area (Å²) in [5.41, 5.74) is 1.17. The number of carbonyl (C=O) groups excluding carboxylic acids is 1. The van der Waals surface area contributed by atoms with E-state index in [2.05, 4.69) is 20.1 Å². The first-order chi connectivity index (χ1) is 17.2. The molecule has 1 rings (SSSR count). The standard InChI is InChI=1S/C25H48O2.C8H8/c1-3-5-6-7-8-9-10-11-12-13-14-15-16-17-18-19-20-21-22-23-24-27-25(26)4-2;1-2-8-6-4-3-5-7-8/h4H,2-3,5-24H2,1H3;2-7H,1H2. The van der Waals surface area contributed by atoms with Crippen molar-refractivity contribution in [1.29, 1.82) is 0 Å². The molecule has 0 radical (unpaired) electrons. The van der Waals surface area contributed by atoms with E-state index in [1.54, 1.807) is 0 Å². The number of benzene rings is 1. The zero-order valence-corrected chi connectivity index (χ0v) is 23.1. The van der Waals surface area contributed by atoms with E-state index < -0.39 is 0 Å². The van der Waals surface area contributed by atoms with Crippen LogP contribution in [-0.4, -0.2) is 12.6 Å². The first-order valence-electron chi connectivity index (χ1n) is 14.7. The van der Waals surface area contributed by atoms with Crippen molar-refractivity contribution in [2.75, 3.05) is 6.61 Å². The van der Waals surface area contributed by atoms with Gasteiger partial charge in [0.05, 0.1) is 6.61 Å². The van der Waals surface area contributed by atoms with Gasteiger partial charge < -0.3 is 4.74 Å². The van der Waals surface area contributed by atoms with Gasteiger partial charge in [0.15, 0.2) is 0 Å². The number of rotatable bonds is 23. The molecular formula is C33H56O2. The highest BCUT2D eigenvalue weighted by molar-refractivity contribution is 5.81. The van der Waals surface area contributed by atoms with Gasteiger partial charge in [-0.1, -0.05) is 178 Å². The van der Waals surface area contributed by atoms with E-state index in [1.807, 2.05) is 36.4 Å². The van der Waals surface area contributed by atoms with Crippen LogP contribution in [0.1, 0.15) is 141 Å². The average Bonchev–Trinajstić information content (AvgIpc) is 2.90. The molecule has 0 N–H and O–H groups in total. The highest BCUT2D eigenvalue weighted by Gasteiger charge is 1.97. The van der Waals surface area contributed by atoms with Crippen LogP contribution in [0.4, 0.5) is 0 Å². The number of carbonyl (C=O) groups is 1. The molecule has 0 spiro atoms. The van der Waals surface area contributed by atoms with Gasteiger partial charge in [0.2, 0.25) is 0 Å². The average molecular weight is 485 g/mol. The molecule has 0 saturated heterocycles. The summed E-state index contributed by atoms with van der Waals surface area (Å²) >= 11 is 0. The molecule has 0 aliphatic rings. The van der Waals surface area contributed by atoms with Crippen LogP contribution in [0.25, 0.3) is 6.08 Å². The summed E-state index contributed by atoms with van der Waals surface area (Å²) in [5, 5.41) is 0. The smallest absolute Gasteiger partial charge is 0.330 e. The number of unbranched alkanes of at least 4 members (excludes halogenated alkanes) is 19. The summed E-state index contributed by atoms with van der Waals surface area (Å²) in [6.07, 6.45) is 30.7. The van der Waals surface area contributed by atoms with E-state index >= 15 is 0 Å². The normalized spacial score (nSPS) is 10.3. The van der Waals surface area contributed by atoms with Crippen LogP contribution >= 0.6 is 0 Å². The molecule has 0 unspecified atom stereocenters. The molecule has 1 aromatic rings. The van der Waals surface area contributed by atoms with Crippen molar-refractivity contribution < 1.29 is 9.53 Å². The monoisotopic (exact) mass is 484 g/mol. The lowest BCUT2D eigenvalue weighted by Crippen LogP contribution is -2.01. The Morgan fingerprint density at radius 3 is 1.31 bits per heavy atom. The summed E-state index contributed by atoms with van der Waals surface area (Å²) in [5.74, 6) is -0.298. The molecule has 200 valence electrons. The molecule has 2 nitrogen and oxygen atoms in total. The number of hydrogen-bond acceptors (Lipinski definition) is 2. The van der Waals surface area contributed by atoms with E-state index in [1.165, 1.54) is 134 Å². The molecular weight excluding hydrogens is 428 g/mol. The van der Waals surface area contributed by atoms with Gasteiger partial charge in [-0.2, -0.15) is 0 Å². The number of esters is 1. The van der Waals surface area contributed by atoms with Crippen molar-refractivity contribution in [2.45, 2.75) is 135 Å².